The lowest BCUT2D eigenvalue weighted by Crippen LogP contribution is -2.11. The number of rotatable bonds is 4. The van der Waals surface area contributed by atoms with E-state index in [2.05, 4.69) is 10.1 Å². The summed E-state index contributed by atoms with van der Waals surface area (Å²) >= 11 is 0. The minimum Gasteiger partial charge on any atom is -0.478 e. The minimum absolute atomic E-state index is 0.0252. The molecule has 0 aliphatic rings. The van der Waals surface area contributed by atoms with Gasteiger partial charge in [0.15, 0.2) is 11.3 Å². The summed E-state index contributed by atoms with van der Waals surface area (Å²) in [5.41, 5.74) is 1.47. The van der Waals surface area contributed by atoms with Crippen molar-refractivity contribution in [2.24, 2.45) is 0 Å². The molecule has 122 valence electrons. The monoisotopic (exact) mass is 325 g/mol. The Morgan fingerprint density at radius 2 is 1.96 bits per heavy atom. The molecule has 0 unspecified atom stereocenters. The van der Waals surface area contributed by atoms with Crippen LogP contribution in [-0.4, -0.2) is 38.4 Å². The third kappa shape index (κ3) is 2.60. The maximum absolute atomic E-state index is 12.0. The fourth-order valence-electron chi connectivity index (χ4n) is 2.52. The summed E-state index contributed by atoms with van der Waals surface area (Å²) in [6, 6.07) is 10.4. The van der Waals surface area contributed by atoms with Crippen molar-refractivity contribution in [1.82, 2.24) is 14.8 Å². The number of esters is 1. The number of aromatic carboxylic acids is 1. The molecule has 0 radical (unpaired) electrons. The quantitative estimate of drug-likeness (QED) is 0.741. The summed E-state index contributed by atoms with van der Waals surface area (Å²) < 4.78 is 6.47. The number of aromatic nitrogens is 3. The molecule has 1 aromatic carbocycles. The van der Waals surface area contributed by atoms with Crippen LogP contribution in [0.2, 0.25) is 0 Å². The number of para-hydroxylation sites is 1. The number of benzene rings is 1. The van der Waals surface area contributed by atoms with Crippen molar-refractivity contribution < 1.29 is 19.4 Å². The van der Waals surface area contributed by atoms with Gasteiger partial charge in [0.2, 0.25) is 0 Å². The first-order chi connectivity index (χ1) is 11.5. The van der Waals surface area contributed by atoms with E-state index in [0.717, 1.165) is 5.69 Å². The molecule has 0 saturated carbocycles. The molecule has 1 N–H and O–H groups in total. The van der Waals surface area contributed by atoms with Crippen molar-refractivity contribution in [2.75, 3.05) is 6.61 Å². The van der Waals surface area contributed by atoms with E-state index in [0.29, 0.717) is 16.7 Å². The molecule has 3 rings (SSSR count). The molecule has 0 saturated heterocycles. The number of fused-ring (bicyclic) bond motifs is 1. The second kappa shape index (κ2) is 6.11. The first kappa shape index (κ1) is 15.7. The molecule has 0 atom stereocenters. The molecule has 7 nitrogen and oxygen atoms in total. The molecular weight excluding hydrogens is 310 g/mol. The van der Waals surface area contributed by atoms with E-state index in [4.69, 9.17) is 4.74 Å². The predicted octanol–water partition coefficient (Wildman–Crippen LogP) is 2.60. The molecular formula is C17H15N3O4. The van der Waals surface area contributed by atoms with Crippen LogP contribution in [0.5, 0.6) is 0 Å². The SMILES string of the molecule is CCOC(=O)c1cc(C(=O)O)c2c(C)nn(-c3ccccc3)c2n1. The van der Waals surface area contributed by atoms with Gasteiger partial charge in [0.1, 0.15) is 0 Å². The van der Waals surface area contributed by atoms with Crippen LogP contribution in [0.3, 0.4) is 0 Å². The number of hydrogen-bond acceptors (Lipinski definition) is 5. The van der Waals surface area contributed by atoms with Gasteiger partial charge < -0.3 is 9.84 Å². The number of aryl methyl sites for hydroxylation is 1. The number of carbonyl (C=O) groups excluding carboxylic acids is 1. The van der Waals surface area contributed by atoms with Crippen molar-refractivity contribution in [1.29, 1.82) is 0 Å². The Labute approximate surface area is 137 Å². The van der Waals surface area contributed by atoms with Crippen LogP contribution in [-0.2, 0) is 4.74 Å². The fraction of sp³-hybridized carbons (Fsp3) is 0.176. The van der Waals surface area contributed by atoms with Crippen molar-refractivity contribution in [3.8, 4) is 5.69 Å². The average Bonchev–Trinajstić information content (AvgIpc) is 2.92. The Morgan fingerprint density at radius 3 is 2.58 bits per heavy atom. The number of hydrogen-bond donors (Lipinski definition) is 1. The zero-order valence-corrected chi connectivity index (χ0v) is 13.2. The van der Waals surface area contributed by atoms with E-state index in [1.165, 1.54) is 10.7 Å². The number of nitrogens with zero attached hydrogens (tertiary/aromatic N) is 3. The van der Waals surface area contributed by atoms with Crippen LogP contribution < -0.4 is 0 Å². The van der Waals surface area contributed by atoms with Gasteiger partial charge in [-0.2, -0.15) is 5.10 Å². The summed E-state index contributed by atoms with van der Waals surface area (Å²) in [7, 11) is 0. The molecule has 0 amide bonds. The van der Waals surface area contributed by atoms with Gasteiger partial charge in [-0.05, 0) is 32.0 Å². The lowest BCUT2D eigenvalue weighted by atomic mass is 10.1. The fourth-order valence-corrected chi connectivity index (χ4v) is 2.52. The highest BCUT2D eigenvalue weighted by atomic mass is 16.5. The van der Waals surface area contributed by atoms with Crippen molar-refractivity contribution >= 4 is 23.0 Å². The van der Waals surface area contributed by atoms with Gasteiger partial charge in [-0.1, -0.05) is 18.2 Å². The van der Waals surface area contributed by atoms with E-state index in [1.807, 2.05) is 30.3 Å². The third-order valence-corrected chi connectivity index (χ3v) is 3.53. The second-order valence-corrected chi connectivity index (χ2v) is 5.11. The number of carboxylic acids is 1. The smallest absolute Gasteiger partial charge is 0.357 e. The van der Waals surface area contributed by atoms with Crippen LogP contribution >= 0.6 is 0 Å². The standard InChI is InChI=1S/C17H15N3O4/c1-3-24-17(23)13-9-12(16(21)22)14-10(2)19-20(15(14)18-13)11-7-5-4-6-8-11/h4-9H,3H2,1-2H3,(H,21,22). The van der Waals surface area contributed by atoms with Crippen LogP contribution in [0.1, 0.15) is 33.5 Å². The molecule has 3 aromatic rings. The highest BCUT2D eigenvalue weighted by Gasteiger charge is 2.22. The normalized spacial score (nSPS) is 10.8. The summed E-state index contributed by atoms with van der Waals surface area (Å²) in [5.74, 6) is -1.82. The number of pyridine rings is 1. The van der Waals surface area contributed by atoms with Crippen molar-refractivity contribution in [2.45, 2.75) is 13.8 Å². The molecule has 0 bridgehead atoms. The van der Waals surface area contributed by atoms with Gasteiger partial charge >= 0.3 is 11.9 Å². The molecule has 0 aliphatic heterocycles. The Morgan fingerprint density at radius 1 is 1.25 bits per heavy atom. The highest BCUT2D eigenvalue weighted by molar-refractivity contribution is 6.05. The first-order valence-electron chi connectivity index (χ1n) is 7.39. The molecule has 0 spiro atoms. The number of carbonyl (C=O) groups is 2. The molecule has 2 heterocycles. The van der Waals surface area contributed by atoms with Crippen molar-refractivity contribution in [3.05, 3.63) is 53.3 Å². The van der Waals surface area contributed by atoms with Crippen LogP contribution in [0.15, 0.2) is 36.4 Å². The number of ether oxygens (including phenoxy) is 1. The maximum atomic E-state index is 12.0. The Hall–Kier alpha value is -3.22. The molecule has 2 aromatic heterocycles. The largest absolute Gasteiger partial charge is 0.478 e. The van der Waals surface area contributed by atoms with Gasteiger partial charge in [0.25, 0.3) is 0 Å². The Balaban J connectivity index is 2.32. The van der Waals surface area contributed by atoms with Crippen LogP contribution in [0.25, 0.3) is 16.7 Å². The highest BCUT2D eigenvalue weighted by Crippen LogP contribution is 2.25. The molecule has 24 heavy (non-hydrogen) atoms. The van der Waals surface area contributed by atoms with Gasteiger partial charge in [-0.25, -0.2) is 19.3 Å². The molecule has 7 heteroatoms. The lowest BCUT2D eigenvalue weighted by Gasteiger charge is -2.06. The average molecular weight is 325 g/mol. The van der Waals surface area contributed by atoms with Crippen molar-refractivity contribution in [3.63, 3.8) is 0 Å². The third-order valence-electron chi connectivity index (χ3n) is 3.53. The Kier molecular flexibility index (Phi) is 3.99. The minimum atomic E-state index is -1.15. The first-order valence-corrected chi connectivity index (χ1v) is 7.39. The second-order valence-electron chi connectivity index (χ2n) is 5.11. The van der Waals surface area contributed by atoms with Gasteiger partial charge in [-0.15, -0.1) is 0 Å². The van der Waals surface area contributed by atoms with Gasteiger partial charge in [-0.3, -0.25) is 0 Å². The summed E-state index contributed by atoms with van der Waals surface area (Å²) in [5, 5.41) is 14.3. The van der Waals surface area contributed by atoms with Gasteiger partial charge in [0.05, 0.1) is 28.9 Å². The van der Waals surface area contributed by atoms with E-state index < -0.39 is 11.9 Å². The summed E-state index contributed by atoms with van der Waals surface area (Å²) in [6.07, 6.45) is 0. The topological polar surface area (TPSA) is 94.3 Å². The van der Waals surface area contributed by atoms with E-state index in [-0.39, 0.29) is 17.9 Å². The summed E-state index contributed by atoms with van der Waals surface area (Å²) in [6.45, 7) is 3.56. The molecule has 0 fully saturated rings. The zero-order chi connectivity index (χ0) is 17.3. The van der Waals surface area contributed by atoms with Gasteiger partial charge in [0, 0.05) is 0 Å². The van der Waals surface area contributed by atoms with E-state index >= 15 is 0 Å². The zero-order valence-electron chi connectivity index (χ0n) is 13.2. The Bertz CT molecular complexity index is 932. The molecule has 0 aliphatic carbocycles. The van der Waals surface area contributed by atoms with E-state index in [1.54, 1.807) is 13.8 Å². The number of carboxylic acid groups (broad SMARTS) is 1. The van der Waals surface area contributed by atoms with Crippen LogP contribution in [0.4, 0.5) is 0 Å². The van der Waals surface area contributed by atoms with Crippen LogP contribution in [0, 0.1) is 6.92 Å². The lowest BCUT2D eigenvalue weighted by molar-refractivity contribution is 0.0520. The van der Waals surface area contributed by atoms with E-state index in [9.17, 15) is 14.7 Å². The maximum Gasteiger partial charge on any atom is 0.357 e. The predicted molar refractivity (Wildman–Crippen MR) is 86.5 cm³/mol. The summed E-state index contributed by atoms with van der Waals surface area (Å²) in [4.78, 5) is 27.9.